The van der Waals surface area contributed by atoms with Gasteiger partial charge in [0.25, 0.3) is 0 Å². The Morgan fingerprint density at radius 3 is 2.25 bits per heavy atom. The first-order valence-corrected chi connectivity index (χ1v) is 7.40. The molecule has 0 aromatic heterocycles. The van der Waals surface area contributed by atoms with Crippen LogP contribution in [0, 0.1) is 0 Å². The molecule has 0 spiro atoms. The van der Waals surface area contributed by atoms with Gasteiger partial charge in [0.1, 0.15) is 5.75 Å². The predicted octanol–water partition coefficient (Wildman–Crippen LogP) is 2.70. The molecule has 2 N–H and O–H groups in total. The van der Waals surface area contributed by atoms with Crippen LogP contribution in [0.3, 0.4) is 0 Å². The Balaban J connectivity index is 2.25. The minimum atomic E-state index is -0.166. The summed E-state index contributed by atoms with van der Waals surface area (Å²) in [6.07, 6.45) is 1.86. The number of benzene rings is 1. The smallest absolute Gasteiger partial charge is 0.169 e. The van der Waals surface area contributed by atoms with Crippen molar-refractivity contribution in [3.05, 3.63) is 29.8 Å². The average Bonchev–Trinajstić information content (AvgIpc) is 2.44. The molecule has 0 bridgehead atoms. The second-order valence-electron chi connectivity index (χ2n) is 4.85. The van der Waals surface area contributed by atoms with Crippen molar-refractivity contribution in [3.63, 3.8) is 0 Å². The number of aryl methyl sites for hydroxylation is 1. The first-order valence-electron chi connectivity index (χ1n) is 7.40. The summed E-state index contributed by atoms with van der Waals surface area (Å²) in [5.74, 6) is 0.316. The van der Waals surface area contributed by atoms with E-state index in [0.717, 1.165) is 12.8 Å². The number of nitrogens with one attached hydrogen (secondary N) is 1. The lowest BCUT2D eigenvalue weighted by Crippen LogP contribution is -2.36. The lowest BCUT2D eigenvalue weighted by molar-refractivity contribution is -0.133. The lowest BCUT2D eigenvalue weighted by Gasteiger charge is -2.20. The molecule has 0 saturated carbocycles. The Bertz CT molecular complexity index is 347. The Hall–Kier alpha value is -1.10. The fraction of sp³-hybridized carbons (Fsp3) is 0.625. The predicted molar refractivity (Wildman–Crippen MR) is 80.9 cm³/mol. The largest absolute Gasteiger partial charge is 0.508 e. The molecule has 20 heavy (non-hydrogen) atoms. The normalized spacial score (nSPS) is 12.8. The Kier molecular flexibility index (Phi) is 8.26. The standard InChI is InChI=1S/C16H27NO3/c1-4-19-16(20-5-2)12-17-13(3)6-7-14-8-10-15(18)11-9-14/h8-11,13,16-18H,4-7,12H2,1-3H3. The van der Waals surface area contributed by atoms with Gasteiger partial charge < -0.3 is 19.9 Å². The molecule has 4 nitrogen and oxygen atoms in total. The van der Waals surface area contributed by atoms with Crippen molar-refractivity contribution in [1.82, 2.24) is 5.32 Å². The van der Waals surface area contributed by atoms with Gasteiger partial charge in [-0.15, -0.1) is 0 Å². The zero-order chi connectivity index (χ0) is 14.8. The number of hydrogen-bond acceptors (Lipinski definition) is 4. The maximum Gasteiger partial charge on any atom is 0.169 e. The van der Waals surface area contributed by atoms with E-state index in [2.05, 4.69) is 12.2 Å². The number of ether oxygens (including phenoxy) is 2. The van der Waals surface area contributed by atoms with E-state index in [-0.39, 0.29) is 6.29 Å². The molecule has 1 rings (SSSR count). The highest BCUT2D eigenvalue weighted by molar-refractivity contribution is 5.25. The molecule has 1 atom stereocenters. The summed E-state index contributed by atoms with van der Waals surface area (Å²) in [6.45, 7) is 8.14. The van der Waals surface area contributed by atoms with Gasteiger partial charge in [-0.25, -0.2) is 0 Å². The van der Waals surface area contributed by atoms with Gasteiger partial charge in [-0.3, -0.25) is 0 Å². The van der Waals surface area contributed by atoms with Gasteiger partial charge in [0.15, 0.2) is 6.29 Å². The minimum Gasteiger partial charge on any atom is -0.508 e. The van der Waals surface area contributed by atoms with E-state index in [4.69, 9.17) is 9.47 Å². The molecule has 0 fully saturated rings. The first kappa shape index (κ1) is 17.0. The SMILES string of the molecule is CCOC(CNC(C)CCc1ccc(O)cc1)OCC. The van der Waals surface area contributed by atoms with Gasteiger partial charge in [-0.1, -0.05) is 12.1 Å². The van der Waals surface area contributed by atoms with Crippen molar-refractivity contribution in [3.8, 4) is 5.75 Å². The number of phenols is 1. The highest BCUT2D eigenvalue weighted by Gasteiger charge is 2.09. The third-order valence-corrected chi connectivity index (χ3v) is 3.14. The zero-order valence-electron chi connectivity index (χ0n) is 12.8. The number of hydrogen-bond donors (Lipinski definition) is 2. The number of aromatic hydroxyl groups is 1. The molecule has 1 aromatic rings. The molecule has 0 radical (unpaired) electrons. The molecule has 1 aromatic carbocycles. The van der Waals surface area contributed by atoms with Gasteiger partial charge in [0.2, 0.25) is 0 Å². The summed E-state index contributed by atoms with van der Waals surface area (Å²) >= 11 is 0. The zero-order valence-corrected chi connectivity index (χ0v) is 12.8. The Morgan fingerprint density at radius 1 is 1.10 bits per heavy atom. The third-order valence-electron chi connectivity index (χ3n) is 3.14. The van der Waals surface area contributed by atoms with Gasteiger partial charge >= 0.3 is 0 Å². The van der Waals surface area contributed by atoms with Crippen LogP contribution in [0.2, 0.25) is 0 Å². The molecule has 0 heterocycles. The van der Waals surface area contributed by atoms with Crippen LogP contribution in [0.4, 0.5) is 0 Å². The molecule has 4 heteroatoms. The molecule has 0 aliphatic carbocycles. The maximum absolute atomic E-state index is 9.24. The van der Waals surface area contributed by atoms with Crippen LogP contribution in [-0.2, 0) is 15.9 Å². The van der Waals surface area contributed by atoms with Crippen molar-refractivity contribution in [2.24, 2.45) is 0 Å². The lowest BCUT2D eigenvalue weighted by atomic mass is 10.1. The van der Waals surface area contributed by atoms with Gasteiger partial charge in [-0.2, -0.15) is 0 Å². The summed E-state index contributed by atoms with van der Waals surface area (Å²) in [6, 6.07) is 7.78. The van der Waals surface area contributed by atoms with E-state index < -0.39 is 0 Å². The first-order chi connectivity index (χ1) is 9.65. The van der Waals surface area contributed by atoms with Crippen molar-refractivity contribution >= 4 is 0 Å². The molecular weight excluding hydrogens is 254 g/mol. The van der Waals surface area contributed by atoms with Crippen molar-refractivity contribution in [1.29, 1.82) is 0 Å². The molecule has 1 unspecified atom stereocenters. The molecular formula is C16H27NO3. The summed E-state index contributed by atoms with van der Waals surface area (Å²) in [4.78, 5) is 0. The van der Waals surface area contributed by atoms with E-state index in [9.17, 15) is 5.11 Å². The van der Waals surface area contributed by atoms with Crippen LogP contribution in [0.5, 0.6) is 5.75 Å². The molecule has 0 saturated heterocycles. The fourth-order valence-electron chi connectivity index (χ4n) is 1.98. The third kappa shape index (κ3) is 6.89. The molecule has 0 aliphatic heterocycles. The fourth-order valence-corrected chi connectivity index (χ4v) is 1.98. The average molecular weight is 281 g/mol. The Morgan fingerprint density at radius 2 is 1.70 bits per heavy atom. The monoisotopic (exact) mass is 281 g/mol. The van der Waals surface area contributed by atoms with Crippen molar-refractivity contribution in [2.75, 3.05) is 19.8 Å². The number of rotatable bonds is 10. The van der Waals surface area contributed by atoms with Gasteiger partial charge in [-0.05, 0) is 51.3 Å². The summed E-state index contributed by atoms with van der Waals surface area (Å²) < 4.78 is 11.0. The van der Waals surface area contributed by atoms with Crippen LogP contribution in [0.25, 0.3) is 0 Å². The topological polar surface area (TPSA) is 50.7 Å². The maximum atomic E-state index is 9.24. The van der Waals surface area contributed by atoms with E-state index in [1.165, 1.54) is 5.56 Å². The number of phenolic OH excluding ortho intramolecular Hbond substituents is 1. The Labute approximate surface area is 122 Å². The molecule has 0 aliphatic rings. The van der Waals surface area contributed by atoms with Crippen molar-refractivity contribution < 1.29 is 14.6 Å². The quantitative estimate of drug-likeness (QED) is 0.647. The summed E-state index contributed by atoms with van der Waals surface area (Å²) in [5, 5.41) is 12.7. The van der Waals surface area contributed by atoms with Gasteiger partial charge in [0.05, 0.1) is 0 Å². The second-order valence-corrected chi connectivity index (χ2v) is 4.85. The van der Waals surface area contributed by atoms with Crippen LogP contribution in [0.15, 0.2) is 24.3 Å². The van der Waals surface area contributed by atoms with Crippen LogP contribution in [-0.4, -0.2) is 37.2 Å². The van der Waals surface area contributed by atoms with Crippen LogP contribution < -0.4 is 5.32 Å². The van der Waals surface area contributed by atoms with E-state index in [1.54, 1.807) is 12.1 Å². The molecule has 114 valence electrons. The van der Waals surface area contributed by atoms with E-state index in [0.29, 0.717) is 31.5 Å². The van der Waals surface area contributed by atoms with Gasteiger partial charge in [0, 0.05) is 25.8 Å². The minimum absolute atomic E-state index is 0.166. The van der Waals surface area contributed by atoms with Crippen LogP contribution >= 0.6 is 0 Å². The molecule has 0 amide bonds. The second kappa shape index (κ2) is 9.75. The van der Waals surface area contributed by atoms with E-state index in [1.807, 2.05) is 26.0 Å². The summed E-state index contributed by atoms with van der Waals surface area (Å²) in [7, 11) is 0. The highest BCUT2D eigenvalue weighted by atomic mass is 16.7. The summed E-state index contributed by atoms with van der Waals surface area (Å²) in [5.41, 5.74) is 1.24. The highest BCUT2D eigenvalue weighted by Crippen LogP contribution is 2.12. The van der Waals surface area contributed by atoms with Crippen molar-refractivity contribution in [2.45, 2.75) is 45.9 Å². The van der Waals surface area contributed by atoms with Crippen LogP contribution in [0.1, 0.15) is 32.8 Å². The van der Waals surface area contributed by atoms with E-state index >= 15 is 0 Å².